The SMILES string of the molecule is CC(C)C[C@@H](NS(=O)(=O)c1cc(C#N)ccc1Cl)C(=O)O. The van der Waals surface area contributed by atoms with Crippen LogP contribution in [0.2, 0.25) is 5.02 Å². The van der Waals surface area contributed by atoms with Gasteiger partial charge in [-0.3, -0.25) is 4.79 Å². The fourth-order valence-electron chi connectivity index (χ4n) is 1.70. The molecule has 0 aliphatic rings. The molecule has 21 heavy (non-hydrogen) atoms. The summed E-state index contributed by atoms with van der Waals surface area (Å²) in [4.78, 5) is 10.8. The highest BCUT2D eigenvalue weighted by atomic mass is 35.5. The second-order valence-electron chi connectivity index (χ2n) is 4.90. The van der Waals surface area contributed by atoms with Crippen LogP contribution in [-0.2, 0) is 14.8 Å². The molecule has 1 atom stereocenters. The summed E-state index contributed by atoms with van der Waals surface area (Å²) in [6, 6.07) is 4.33. The van der Waals surface area contributed by atoms with Gasteiger partial charge >= 0.3 is 5.97 Å². The topological polar surface area (TPSA) is 107 Å². The van der Waals surface area contributed by atoms with Gasteiger partial charge in [0.05, 0.1) is 16.7 Å². The van der Waals surface area contributed by atoms with Crippen LogP contribution in [0.1, 0.15) is 25.8 Å². The Morgan fingerprint density at radius 3 is 2.57 bits per heavy atom. The van der Waals surface area contributed by atoms with Gasteiger partial charge in [0.15, 0.2) is 0 Å². The minimum absolute atomic E-state index is 0.00489. The first-order chi connectivity index (χ1) is 9.67. The number of carboxylic acid groups (broad SMARTS) is 1. The van der Waals surface area contributed by atoms with Crippen molar-refractivity contribution < 1.29 is 18.3 Å². The van der Waals surface area contributed by atoms with Crippen LogP contribution in [0.25, 0.3) is 0 Å². The molecule has 0 heterocycles. The van der Waals surface area contributed by atoms with E-state index in [1.165, 1.54) is 12.1 Å². The van der Waals surface area contributed by atoms with Gasteiger partial charge in [0.1, 0.15) is 10.9 Å². The number of carboxylic acids is 1. The van der Waals surface area contributed by atoms with Crippen molar-refractivity contribution in [3.05, 3.63) is 28.8 Å². The molecule has 0 saturated carbocycles. The first-order valence-corrected chi connectivity index (χ1v) is 7.98. The number of nitriles is 1. The molecule has 8 heteroatoms. The summed E-state index contributed by atoms with van der Waals surface area (Å²) in [5.41, 5.74) is 0.121. The summed E-state index contributed by atoms with van der Waals surface area (Å²) in [5, 5.41) is 17.8. The molecule has 2 N–H and O–H groups in total. The molecule has 0 bridgehead atoms. The van der Waals surface area contributed by atoms with Crippen molar-refractivity contribution in [3.8, 4) is 6.07 Å². The molecule has 1 aromatic rings. The molecule has 0 aliphatic heterocycles. The van der Waals surface area contributed by atoms with E-state index in [0.29, 0.717) is 0 Å². The van der Waals surface area contributed by atoms with E-state index in [0.717, 1.165) is 6.07 Å². The van der Waals surface area contributed by atoms with Gasteiger partial charge in [-0.05, 0) is 30.5 Å². The summed E-state index contributed by atoms with van der Waals surface area (Å²) in [6.07, 6.45) is 0.143. The number of nitrogens with one attached hydrogen (secondary N) is 1. The molecule has 0 unspecified atom stereocenters. The van der Waals surface area contributed by atoms with Crippen molar-refractivity contribution in [1.82, 2.24) is 4.72 Å². The van der Waals surface area contributed by atoms with Crippen LogP contribution in [0.5, 0.6) is 0 Å². The predicted molar refractivity (Wildman–Crippen MR) is 77.4 cm³/mol. The Labute approximate surface area is 128 Å². The van der Waals surface area contributed by atoms with E-state index >= 15 is 0 Å². The monoisotopic (exact) mass is 330 g/mol. The minimum atomic E-state index is -4.13. The van der Waals surface area contributed by atoms with Gasteiger partial charge < -0.3 is 5.11 Å². The lowest BCUT2D eigenvalue weighted by atomic mass is 10.1. The first kappa shape index (κ1) is 17.4. The van der Waals surface area contributed by atoms with Crippen molar-refractivity contribution >= 4 is 27.6 Å². The van der Waals surface area contributed by atoms with Crippen LogP contribution in [0.3, 0.4) is 0 Å². The number of halogens is 1. The molecule has 0 aromatic heterocycles. The van der Waals surface area contributed by atoms with Crippen molar-refractivity contribution in [2.75, 3.05) is 0 Å². The lowest BCUT2D eigenvalue weighted by molar-refractivity contribution is -0.139. The maximum absolute atomic E-state index is 12.2. The highest BCUT2D eigenvalue weighted by Crippen LogP contribution is 2.23. The van der Waals surface area contributed by atoms with Gasteiger partial charge in [-0.15, -0.1) is 0 Å². The number of carbonyl (C=O) groups is 1. The highest BCUT2D eigenvalue weighted by Gasteiger charge is 2.27. The van der Waals surface area contributed by atoms with Crippen LogP contribution in [0.4, 0.5) is 0 Å². The molecule has 1 aromatic carbocycles. The zero-order chi connectivity index (χ0) is 16.2. The Balaban J connectivity index is 3.16. The van der Waals surface area contributed by atoms with Crippen molar-refractivity contribution in [1.29, 1.82) is 5.26 Å². The Kier molecular flexibility index (Phi) is 5.72. The molecule has 0 saturated heterocycles. The molecule has 1 rings (SSSR count). The van der Waals surface area contributed by atoms with Gasteiger partial charge in [-0.25, -0.2) is 8.42 Å². The number of hydrogen-bond acceptors (Lipinski definition) is 4. The summed E-state index contributed by atoms with van der Waals surface area (Å²) in [5.74, 6) is -1.27. The average Bonchev–Trinajstić information content (AvgIpc) is 2.37. The zero-order valence-electron chi connectivity index (χ0n) is 11.5. The van der Waals surface area contributed by atoms with Gasteiger partial charge in [0.2, 0.25) is 10.0 Å². The van der Waals surface area contributed by atoms with E-state index in [-0.39, 0.29) is 27.8 Å². The standard InChI is InChI=1S/C13H15ClN2O4S/c1-8(2)5-11(13(17)18)16-21(19,20)12-6-9(7-15)3-4-10(12)14/h3-4,6,8,11,16H,5H2,1-2H3,(H,17,18)/t11-/m1/s1. The summed E-state index contributed by atoms with van der Waals surface area (Å²) in [7, 11) is -4.13. The first-order valence-electron chi connectivity index (χ1n) is 6.12. The molecule has 0 aliphatic carbocycles. The number of sulfonamides is 1. The number of aliphatic carboxylic acids is 1. The van der Waals surface area contributed by atoms with Crippen molar-refractivity contribution in [3.63, 3.8) is 0 Å². The molecular formula is C13H15ClN2O4S. The van der Waals surface area contributed by atoms with Crippen LogP contribution >= 0.6 is 11.6 Å². The Morgan fingerprint density at radius 2 is 2.10 bits per heavy atom. The Bertz CT molecular complexity index is 680. The summed E-state index contributed by atoms with van der Waals surface area (Å²) in [6.45, 7) is 3.57. The van der Waals surface area contributed by atoms with Crippen LogP contribution in [0, 0.1) is 17.2 Å². The van der Waals surface area contributed by atoms with Gasteiger partial charge in [-0.2, -0.15) is 9.98 Å². The maximum Gasteiger partial charge on any atom is 0.321 e. The Morgan fingerprint density at radius 1 is 1.48 bits per heavy atom. The van der Waals surface area contributed by atoms with Crippen LogP contribution in [-0.4, -0.2) is 25.5 Å². The fraction of sp³-hybridized carbons (Fsp3) is 0.385. The molecule has 0 spiro atoms. The van der Waals surface area contributed by atoms with E-state index < -0.39 is 22.0 Å². The van der Waals surface area contributed by atoms with Crippen LogP contribution < -0.4 is 4.72 Å². The normalized spacial score (nSPS) is 12.9. The Hall–Kier alpha value is -1.62. The zero-order valence-corrected chi connectivity index (χ0v) is 13.1. The molecule has 114 valence electrons. The maximum atomic E-state index is 12.2. The third-order valence-corrected chi connectivity index (χ3v) is 4.61. The predicted octanol–water partition coefficient (Wildman–Crippen LogP) is 1.99. The summed E-state index contributed by atoms with van der Waals surface area (Å²) < 4.78 is 26.6. The highest BCUT2D eigenvalue weighted by molar-refractivity contribution is 7.89. The molecule has 0 radical (unpaired) electrons. The van der Waals surface area contributed by atoms with Crippen molar-refractivity contribution in [2.45, 2.75) is 31.2 Å². The van der Waals surface area contributed by atoms with Gasteiger partial charge in [-0.1, -0.05) is 25.4 Å². The van der Waals surface area contributed by atoms with Gasteiger partial charge in [0.25, 0.3) is 0 Å². The van der Waals surface area contributed by atoms with Crippen molar-refractivity contribution in [2.24, 2.45) is 5.92 Å². The lowest BCUT2D eigenvalue weighted by Crippen LogP contribution is -2.41. The third kappa shape index (κ3) is 4.70. The van der Waals surface area contributed by atoms with E-state index in [4.69, 9.17) is 22.0 Å². The quantitative estimate of drug-likeness (QED) is 0.829. The van der Waals surface area contributed by atoms with E-state index in [1.807, 2.05) is 6.07 Å². The number of hydrogen-bond donors (Lipinski definition) is 2. The van der Waals surface area contributed by atoms with E-state index in [2.05, 4.69) is 4.72 Å². The average molecular weight is 331 g/mol. The second-order valence-corrected chi connectivity index (χ2v) is 6.99. The second kappa shape index (κ2) is 6.89. The smallest absolute Gasteiger partial charge is 0.321 e. The van der Waals surface area contributed by atoms with E-state index in [1.54, 1.807) is 13.8 Å². The van der Waals surface area contributed by atoms with Crippen LogP contribution in [0.15, 0.2) is 23.1 Å². The largest absolute Gasteiger partial charge is 0.480 e. The third-order valence-electron chi connectivity index (χ3n) is 2.65. The molecule has 0 fully saturated rings. The molecule has 0 amide bonds. The fourth-order valence-corrected chi connectivity index (χ4v) is 3.43. The van der Waals surface area contributed by atoms with Gasteiger partial charge in [0, 0.05) is 0 Å². The number of benzene rings is 1. The minimum Gasteiger partial charge on any atom is -0.480 e. The lowest BCUT2D eigenvalue weighted by Gasteiger charge is -2.17. The van der Waals surface area contributed by atoms with E-state index in [9.17, 15) is 13.2 Å². The molecule has 6 nitrogen and oxygen atoms in total. The number of nitrogens with zero attached hydrogens (tertiary/aromatic N) is 1. The summed E-state index contributed by atoms with van der Waals surface area (Å²) >= 11 is 5.83. The molecular weight excluding hydrogens is 316 g/mol. The number of rotatable bonds is 6.